The molecule has 142 valence electrons. The van der Waals surface area contributed by atoms with Crippen LogP contribution in [0.25, 0.3) is 0 Å². The Morgan fingerprint density at radius 3 is 2.79 bits per heavy atom. The summed E-state index contributed by atoms with van der Waals surface area (Å²) in [6.07, 6.45) is 3.49. The molecular weight excluding hydrogens is 380 g/mol. The van der Waals surface area contributed by atoms with E-state index in [0.29, 0.717) is 27.8 Å². The van der Waals surface area contributed by atoms with Crippen LogP contribution in [-0.4, -0.2) is 28.0 Å². The molecule has 1 aliphatic heterocycles. The second-order valence-electron chi connectivity index (χ2n) is 6.40. The summed E-state index contributed by atoms with van der Waals surface area (Å²) in [6.45, 7) is -0.0314. The number of anilines is 1. The Kier molecular flexibility index (Phi) is 4.75. The van der Waals surface area contributed by atoms with E-state index in [9.17, 15) is 9.59 Å². The van der Waals surface area contributed by atoms with Crippen molar-refractivity contribution in [3.05, 3.63) is 76.8 Å². The minimum atomic E-state index is -0.466. The third-order valence-electron chi connectivity index (χ3n) is 4.47. The van der Waals surface area contributed by atoms with Gasteiger partial charge in [0.2, 0.25) is 0 Å². The van der Waals surface area contributed by atoms with E-state index < -0.39 is 6.04 Å². The fraction of sp³-hybridized carbons (Fsp3) is 0.150. The monoisotopic (exact) mass is 396 g/mol. The summed E-state index contributed by atoms with van der Waals surface area (Å²) in [7, 11) is 1.86. The van der Waals surface area contributed by atoms with Crippen molar-refractivity contribution in [3.8, 4) is 5.75 Å². The average Bonchev–Trinajstić information content (AvgIpc) is 3.11. The molecule has 0 bridgehead atoms. The van der Waals surface area contributed by atoms with E-state index in [0.717, 1.165) is 5.56 Å². The van der Waals surface area contributed by atoms with Crippen LogP contribution in [0.3, 0.4) is 0 Å². The van der Waals surface area contributed by atoms with Crippen LogP contribution in [0.2, 0.25) is 5.02 Å². The lowest BCUT2D eigenvalue weighted by atomic mass is 10.0. The highest BCUT2D eigenvalue weighted by Gasteiger charge is 2.23. The quantitative estimate of drug-likeness (QED) is 0.710. The Hall–Kier alpha value is -3.32. The molecule has 2 heterocycles. The van der Waals surface area contributed by atoms with Crippen molar-refractivity contribution >= 4 is 29.1 Å². The number of aryl methyl sites for hydroxylation is 1. The molecule has 0 fully saturated rings. The summed E-state index contributed by atoms with van der Waals surface area (Å²) in [5.74, 6) is 0.669. The molecule has 0 saturated heterocycles. The number of nitrogens with one attached hydrogen (secondary N) is 2. The van der Waals surface area contributed by atoms with Gasteiger partial charge in [0.1, 0.15) is 17.6 Å². The molecule has 8 heteroatoms. The van der Waals surface area contributed by atoms with Crippen molar-refractivity contribution in [2.24, 2.45) is 7.05 Å². The maximum Gasteiger partial charge on any atom is 0.262 e. The molecule has 28 heavy (non-hydrogen) atoms. The van der Waals surface area contributed by atoms with Gasteiger partial charge >= 0.3 is 0 Å². The van der Waals surface area contributed by atoms with Gasteiger partial charge in [-0.1, -0.05) is 23.7 Å². The van der Waals surface area contributed by atoms with Gasteiger partial charge in [0.15, 0.2) is 6.61 Å². The second-order valence-corrected chi connectivity index (χ2v) is 6.84. The smallest absolute Gasteiger partial charge is 0.262 e. The zero-order valence-corrected chi connectivity index (χ0v) is 15.7. The number of benzene rings is 2. The summed E-state index contributed by atoms with van der Waals surface area (Å²) in [4.78, 5) is 28.9. The summed E-state index contributed by atoms with van der Waals surface area (Å²) in [5, 5.41) is 6.33. The number of amides is 2. The Bertz CT molecular complexity index is 1050. The third-order valence-corrected chi connectivity index (χ3v) is 4.72. The first-order valence-electron chi connectivity index (χ1n) is 8.61. The van der Waals surface area contributed by atoms with E-state index in [1.165, 1.54) is 0 Å². The van der Waals surface area contributed by atoms with Gasteiger partial charge in [0.25, 0.3) is 11.8 Å². The Labute approximate surface area is 166 Å². The van der Waals surface area contributed by atoms with E-state index in [4.69, 9.17) is 16.3 Å². The fourth-order valence-corrected chi connectivity index (χ4v) is 3.17. The van der Waals surface area contributed by atoms with Gasteiger partial charge in [-0.2, -0.15) is 0 Å². The number of rotatable bonds is 4. The third kappa shape index (κ3) is 3.57. The highest BCUT2D eigenvalue weighted by atomic mass is 35.5. The van der Waals surface area contributed by atoms with E-state index >= 15 is 0 Å². The molecule has 1 aliphatic rings. The SMILES string of the molecule is Cn1ccnc1[C@H](NC(=O)c1ccc2c(c1)NC(=O)CO2)c1ccc(Cl)cc1. The van der Waals surface area contributed by atoms with Gasteiger partial charge in [-0.25, -0.2) is 4.98 Å². The Balaban J connectivity index is 1.64. The molecule has 0 saturated carbocycles. The van der Waals surface area contributed by atoms with Crippen molar-refractivity contribution in [2.45, 2.75) is 6.04 Å². The molecule has 4 rings (SSSR count). The summed E-state index contributed by atoms with van der Waals surface area (Å²) >= 11 is 6.00. The van der Waals surface area contributed by atoms with Crippen molar-refractivity contribution in [3.63, 3.8) is 0 Å². The van der Waals surface area contributed by atoms with Gasteiger partial charge in [-0.3, -0.25) is 9.59 Å². The molecule has 2 aromatic carbocycles. The number of hydrogen-bond acceptors (Lipinski definition) is 4. The van der Waals surface area contributed by atoms with Gasteiger partial charge in [0.05, 0.1) is 5.69 Å². The Morgan fingerprint density at radius 2 is 2.07 bits per heavy atom. The van der Waals surface area contributed by atoms with Gasteiger partial charge in [-0.15, -0.1) is 0 Å². The lowest BCUT2D eigenvalue weighted by Gasteiger charge is -2.21. The number of halogens is 1. The highest BCUT2D eigenvalue weighted by molar-refractivity contribution is 6.30. The maximum atomic E-state index is 12.9. The average molecular weight is 397 g/mol. The van der Waals surface area contributed by atoms with Crippen molar-refractivity contribution in [1.29, 1.82) is 0 Å². The molecule has 3 aromatic rings. The van der Waals surface area contributed by atoms with Crippen LogP contribution in [0, 0.1) is 0 Å². The molecule has 0 radical (unpaired) electrons. The minimum Gasteiger partial charge on any atom is -0.482 e. The van der Waals surface area contributed by atoms with Crippen molar-refractivity contribution in [2.75, 3.05) is 11.9 Å². The summed E-state index contributed by atoms with van der Waals surface area (Å²) in [6, 6.07) is 11.7. The van der Waals surface area contributed by atoms with E-state index in [1.807, 2.05) is 29.9 Å². The van der Waals surface area contributed by atoms with Crippen LogP contribution >= 0.6 is 11.6 Å². The number of hydrogen-bond donors (Lipinski definition) is 2. The molecule has 0 aliphatic carbocycles. The van der Waals surface area contributed by atoms with E-state index in [-0.39, 0.29) is 18.4 Å². The predicted octanol–water partition coefficient (Wildman–Crippen LogP) is 2.92. The molecular formula is C20H17ClN4O3. The van der Waals surface area contributed by atoms with Crippen LogP contribution in [-0.2, 0) is 11.8 Å². The second kappa shape index (κ2) is 7.36. The molecule has 1 atom stereocenters. The number of nitrogens with zero attached hydrogens (tertiary/aromatic N) is 2. The first-order chi connectivity index (χ1) is 13.5. The number of fused-ring (bicyclic) bond motifs is 1. The Morgan fingerprint density at radius 1 is 1.29 bits per heavy atom. The zero-order chi connectivity index (χ0) is 19.7. The molecule has 2 amide bonds. The molecule has 0 unspecified atom stereocenters. The van der Waals surface area contributed by atoms with Gasteiger partial charge < -0.3 is 19.9 Å². The van der Waals surface area contributed by atoms with E-state index in [1.54, 1.807) is 36.5 Å². The fourth-order valence-electron chi connectivity index (χ4n) is 3.05. The first kappa shape index (κ1) is 18.1. The zero-order valence-electron chi connectivity index (χ0n) is 15.0. The number of carbonyl (C=O) groups excluding carboxylic acids is 2. The highest BCUT2D eigenvalue weighted by Crippen LogP contribution is 2.29. The number of carbonyl (C=O) groups is 2. The summed E-state index contributed by atoms with van der Waals surface area (Å²) < 4.78 is 7.18. The normalized spacial score (nSPS) is 13.9. The molecule has 2 N–H and O–H groups in total. The maximum absolute atomic E-state index is 12.9. The topological polar surface area (TPSA) is 85.3 Å². The van der Waals surface area contributed by atoms with Crippen molar-refractivity contribution in [1.82, 2.24) is 14.9 Å². The number of ether oxygens (including phenoxy) is 1. The molecule has 1 aromatic heterocycles. The minimum absolute atomic E-state index is 0.0314. The first-order valence-corrected chi connectivity index (χ1v) is 8.99. The molecule has 0 spiro atoms. The van der Waals surface area contributed by atoms with Crippen LogP contribution in [0.1, 0.15) is 27.8 Å². The van der Waals surface area contributed by atoms with E-state index in [2.05, 4.69) is 15.6 Å². The van der Waals surface area contributed by atoms with Gasteiger partial charge in [-0.05, 0) is 35.9 Å². The van der Waals surface area contributed by atoms with Crippen LogP contribution < -0.4 is 15.4 Å². The predicted molar refractivity (Wildman–Crippen MR) is 105 cm³/mol. The van der Waals surface area contributed by atoms with Crippen LogP contribution in [0.4, 0.5) is 5.69 Å². The van der Waals surface area contributed by atoms with Crippen molar-refractivity contribution < 1.29 is 14.3 Å². The number of imidazole rings is 1. The summed E-state index contributed by atoms with van der Waals surface area (Å²) in [5.41, 5.74) is 1.73. The lowest BCUT2D eigenvalue weighted by Crippen LogP contribution is -2.31. The van der Waals surface area contributed by atoms with Crippen LogP contribution in [0.15, 0.2) is 54.9 Å². The van der Waals surface area contributed by atoms with Gasteiger partial charge in [0, 0.05) is 30.0 Å². The largest absolute Gasteiger partial charge is 0.482 e. The molecule has 7 nitrogen and oxygen atoms in total. The standard InChI is InChI=1S/C20H17ClN4O3/c1-25-9-8-22-19(25)18(12-2-5-14(21)6-3-12)24-20(27)13-4-7-16-15(10-13)23-17(26)11-28-16/h2-10,18H,11H2,1H3,(H,23,26)(H,24,27)/t18-/m1/s1. The number of aromatic nitrogens is 2. The van der Waals surface area contributed by atoms with Crippen LogP contribution in [0.5, 0.6) is 5.75 Å². The lowest BCUT2D eigenvalue weighted by molar-refractivity contribution is -0.118.